The van der Waals surface area contributed by atoms with E-state index in [2.05, 4.69) is 20.4 Å². The summed E-state index contributed by atoms with van der Waals surface area (Å²) in [7, 11) is 1.47. The molecule has 1 aliphatic carbocycles. The highest BCUT2D eigenvalue weighted by Crippen LogP contribution is 2.50. The standard InChI is InChI=1S/C16H21N5O3/c1-11-5-9-24-12(11)10-21-15(17-18-19-21)20-8-7-16(14(22)23-2)6-3-4-13(16)20/h5,9,13H,3-4,6-8,10H2,1-2H3/t13-,16+/m1/s1. The lowest BCUT2D eigenvalue weighted by atomic mass is 9.82. The number of esters is 1. The lowest BCUT2D eigenvalue weighted by Gasteiger charge is -2.29. The Morgan fingerprint density at radius 3 is 3.12 bits per heavy atom. The van der Waals surface area contributed by atoms with Gasteiger partial charge in [-0.15, -0.1) is 0 Å². The van der Waals surface area contributed by atoms with Crippen molar-refractivity contribution >= 4 is 11.9 Å². The number of aromatic nitrogens is 4. The zero-order chi connectivity index (χ0) is 16.7. The number of furan rings is 1. The van der Waals surface area contributed by atoms with Gasteiger partial charge in [-0.25, -0.2) is 4.68 Å². The number of hydrogen-bond acceptors (Lipinski definition) is 7. The van der Waals surface area contributed by atoms with Crippen LogP contribution in [-0.2, 0) is 16.1 Å². The Morgan fingerprint density at radius 2 is 2.38 bits per heavy atom. The van der Waals surface area contributed by atoms with E-state index in [4.69, 9.17) is 9.15 Å². The maximum absolute atomic E-state index is 12.4. The maximum atomic E-state index is 12.4. The van der Waals surface area contributed by atoms with Gasteiger partial charge >= 0.3 is 5.97 Å². The zero-order valence-electron chi connectivity index (χ0n) is 13.9. The second-order valence-corrected chi connectivity index (χ2v) is 6.66. The number of rotatable bonds is 4. The number of hydrogen-bond donors (Lipinski definition) is 0. The Balaban J connectivity index is 1.63. The molecule has 128 valence electrons. The summed E-state index contributed by atoms with van der Waals surface area (Å²) in [6.07, 6.45) is 5.32. The molecule has 2 aromatic heterocycles. The number of methoxy groups -OCH3 is 1. The fraction of sp³-hybridized carbons (Fsp3) is 0.625. The lowest BCUT2D eigenvalue weighted by molar-refractivity contribution is -0.152. The zero-order valence-corrected chi connectivity index (χ0v) is 13.9. The van der Waals surface area contributed by atoms with E-state index in [1.54, 1.807) is 10.9 Å². The molecule has 0 aromatic carbocycles. The highest BCUT2D eigenvalue weighted by Gasteiger charge is 2.57. The van der Waals surface area contributed by atoms with Crippen molar-refractivity contribution in [3.05, 3.63) is 23.7 Å². The number of nitrogens with zero attached hydrogens (tertiary/aromatic N) is 5. The molecular weight excluding hydrogens is 310 g/mol. The molecule has 8 nitrogen and oxygen atoms in total. The molecule has 0 radical (unpaired) electrons. The van der Waals surface area contributed by atoms with Crippen molar-refractivity contribution in [2.45, 2.75) is 45.2 Å². The van der Waals surface area contributed by atoms with Crippen molar-refractivity contribution < 1.29 is 13.9 Å². The summed E-state index contributed by atoms with van der Waals surface area (Å²) in [6.45, 7) is 3.24. The van der Waals surface area contributed by atoms with Crippen LogP contribution in [0.25, 0.3) is 0 Å². The van der Waals surface area contributed by atoms with Gasteiger partial charge in [0.1, 0.15) is 12.3 Å². The topological polar surface area (TPSA) is 86.3 Å². The third kappa shape index (κ3) is 2.12. The first-order chi connectivity index (χ1) is 11.7. The molecular formula is C16H21N5O3. The van der Waals surface area contributed by atoms with Gasteiger partial charge in [-0.3, -0.25) is 4.79 Å². The summed E-state index contributed by atoms with van der Waals surface area (Å²) in [4.78, 5) is 14.6. The molecule has 24 heavy (non-hydrogen) atoms. The minimum absolute atomic E-state index is 0.103. The maximum Gasteiger partial charge on any atom is 0.313 e. The van der Waals surface area contributed by atoms with E-state index in [-0.39, 0.29) is 12.0 Å². The first-order valence-corrected chi connectivity index (χ1v) is 8.30. The molecule has 0 unspecified atom stereocenters. The van der Waals surface area contributed by atoms with Crippen LogP contribution in [0.15, 0.2) is 16.7 Å². The molecule has 1 saturated heterocycles. The van der Waals surface area contributed by atoms with Gasteiger partial charge in [0, 0.05) is 12.6 Å². The van der Waals surface area contributed by atoms with Gasteiger partial charge in [0.15, 0.2) is 0 Å². The van der Waals surface area contributed by atoms with Crippen molar-refractivity contribution in [3.63, 3.8) is 0 Å². The Labute approximate surface area is 139 Å². The average molecular weight is 331 g/mol. The third-order valence-corrected chi connectivity index (χ3v) is 5.54. The van der Waals surface area contributed by atoms with Crippen LogP contribution in [0, 0.1) is 12.3 Å². The first-order valence-electron chi connectivity index (χ1n) is 8.30. The van der Waals surface area contributed by atoms with Gasteiger partial charge < -0.3 is 14.1 Å². The molecule has 4 rings (SSSR count). The molecule has 0 bridgehead atoms. The van der Waals surface area contributed by atoms with Gasteiger partial charge in [0.25, 0.3) is 0 Å². The van der Waals surface area contributed by atoms with Crippen molar-refractivity contribution in [2.75, 3.05) is 18.6 Å². The van der Waals surface area contributed by atoms with E-state index in [9.17, 15) is 4.79 Å². The molecule has 2 aromatic rings. The van der Waals surface area contributed by atoms with E-state index >= 15 is 0 Å². The van der Waals surface area contributed by atoms with E-state index in [1.807, 2.05) is 13.0 Å². The molecule has 2 fully saturated rings. The van der Waals surface area contributed by atoms with Crippen LogP contribution in [0.5, 0.6) is 0 Å². The van der Waals surface area contributed by atoms with Gasteiger partial charge in [0.2, 0.25) is 5.95 Å². The number of anilines is 1. The smallest absolute Gasteiger partial charge is 0.313 e. The molecule has 2 atom stereocenters. The summed E-state index contributed by atoms with van der Waals surface area (Å²) in [6, 6.07) is 2.03. The Kier molecular flexibility index (Phi) is 3.54. The summed E-state index contributed by atoms with van der Waals surface area (Å²) in [5.41, 5.74) is 0.661. The molecule has 2 aliphatic rings. The van der Waals surface area contributed by atoms with Gasteiger partial charge in [0.05, 0.1) is 18.8 Å². The number of tetrazole rings is 1. The SMILES string of the molecule is COC(=O)[C@]12CCC[C@H]1N(c1nnnn1Cc1occc1C)CC2. The number of carbonyl (C=O) groups is 1. The third-order valence-electron chi connectivity index (χ3n) is 5.54. The second-order valence-electron chi connectivity index (χ2n) is 6.66. The van der Waals surface area contributed by atoms with Crippen molar-refractivity contribution in [2.24, 2.45) is 5.41 Å². The summed E-state index contributed by atoms with van der Waals surface area (Å²) in [5.74, 6) is 1.44. The Bertz CT molecular complexity index is 754. The Hall–Kier alpha value is -2.38. The predicted octanol–water partition coefficient (Wildman–Crippen LogP) is 1.54. The normalized spacial score (nSPS) is 25.9. The molecule has 8 heteroatoms. The molecule has 1 saturated carbocycles. The average Bonchev–Trinajstić information content (AvgIpc) is 3.32. The van der Waals surface area contributed by atoms with Crippen LogP contribution >= 0.6 is 0 Å². The lowest BCUT2D eigenvalue weighted by Crippen LogP contribution is -2.42. The van der Waals surface area contributed by atoms with Crippen LogP contribution < -0.4 is 4.90 Å². The minimum Gasteiger partial charge on any atom is -0.469 e. The quantitative estimate of drug-likeness (QED) is 0.786. The second kappa shape index (κ2) is 5.61. The van der Waals surface area contributed by atoms with Crippen LogP contribution in [0.3, 0.4) is 0 Å². The van der Waals surface area contributed by atoms with Crippen LogP contribution in [0.4, 0.5) is 5.95 Å². The van der Waals surface area contributed by atoms with E-state index < -0.39 is 5.41 Å². The van der Waals surface area contributed by atoms with Gasteiger partial charge in [-0.2, -0.15) is 0 Å². The van der Waals surface area contributed by atoms with Crippen molar-refractivity contribution in [3.8, 4) is 0 Å². The van der Waals surface area contributed by atoms with Crippen LogP contribution in [0.2, 0.25) is 0 Å². The van der Waals surface area contributed by atoms with Gasteiger partial charge in [-0.05, 0) is 48.2 Å². The van der Waals surface area contributed by atoms with Crippen LogP contribution in [-0.4, -0.2) is 45.9 Å². The summed E-state index contributed by atoms with van der Waals surface area (Å²) < 4.78 is 12.4. The van der Waals surface area contributed by atoms with E-state index in [0.717, 1.165) is 43.6 Å². The number of fused-ring (bicyclic) bond motifs is 1. The summed E-state index contributed by atoms with van der Waals surface area (Å²) >= 11 is 0. The van der Waals surface area contributed by atoms with E-state index in [0.29, 0.717) is 12.5 Å². The van der Waals surface area contributed by atoms with Crippen LogP contribution in [0.1, 0.15) is 37.0 Å². The van der Waals surface area contributed by atoms with E-state index in [1.165, 1.54) is 7.11 Å². The fourth-order valence-electron chi connectivity index (χ4n) is 4.27. The van der Waals surface area contributed by atoms with Crippen molar-refractivity contribution in [1.29, 1.82) is 0 Å². The molecule has 0 N–H and O–H groups in total. The molecule has 0 amide bonds. The number of carbonyl (C=O) groups excluding carboxylic acids is 1. The van der Waals surface area contributed by atoms with Gasteiger partial charge in [-0.1, -0.05) is 11.5 Å². The highest BCUT2D eigenvalue weighted by molar-refractivity contribution is 5.80. The monoisotopic (exact) mass is 331 g/mol. The molecule has 1 aliphatic heterocycles. The Morgan fingerprint density at radius 1 is 1.50 bits per heavy atom. The first kappa shape index (κ1) is 15.2. The highest BCUT2D eigenvalue weighted by atomic mass is 16.5. The molecule has 0 spiro atoms. The molecule has 3 heterocycles. The number of aryl methyl sites for hydroxylation is 1. The number of ether oxygens (including phenoxy) is 1. The predicted molar refractivity (Wildman–Crippen MR) is 84.4 cm³/mol. The minimum atomic E-state index is -0.411. The summed E-state index contributed by atoms with van der Waals surface area (Å²) in [5, 5.41) is 12.2. The largest absolute Gasteiger partial charge is 0.469 e. The fourth-order valence-corrected chi connectivity index (χ4v) is 4.27. The van der Waals surface area contributed by atoms with Crippen molar-refractivity contribution in [1.82, 2.24) is 20.2 Å².